The third-order valence-electron chi connectivity index (χ3n) is 2.90. The number of H-pyrrole nitrogens is 1. The maximum Gasteiger partial charge on any atom is 0.168 e. The molecule has 1 saturated heterocycles. The van der Waals surface area contributed by atoms with Crippen LogP contribution in [0.15, 0.2) is 0 Å². The molecule has 1 aromatic rings. The van der Waals surface area contributed by atoms with E-state index in [0.717, 1.165) is 31.5 Å². The lowest BCUT2D eigenvalue weighted by atomic mass is 10.2. The van der Waals surface area contributed by atoms with E-state index in [2.05, 4.69) is 22.1 Å². The van der Waals surface area contributed by atoms with Crippen molar-refractivity contribution in [2.75, 3.05) is 5.75 Å². The number of nitrogens with one attached hydrogen (secondary N) is 1. The van der Waals surface area contributed by atoms with Crippen LogP contribution in [0.4, 0.5) is 0 Å². The van der Waals surface area contributed by atoms with E-state index in [0.29, 0.717) is 12.2 Å². The summed E-state index contributed by atoms with van der Waals surface area (Å²) in [6.07, 6.45) is 4.17. The SMILES string of the molecule is CCCc1nc(C2CCCCS2(=O)=O)n[nH]1. The Morgan fingerprint density at radius 2 is 2.25 bits per heavy atom. The maximum atomic E-state index is 11.9. The summed E-state index contributed by atoms with van der Waals surface area (Å²) in [4.78, 5) is 4.27. The molecule has 1 unspecified atom stereocenters. The number of aromatic amines is 1. The first-order chi connectivity index (χ1) is 7.63. The van der Waals surface area contributed by atoms with Crippen molar-refractivity contribution in [3.8, 4) is 0 Å². The Morgan fingerprint density at radius 3 is 2.94 bits per heavy atom. The Hall–Kier alpha value is -0.910. The van der Waals surface area contributed by atoms with Crippen molar-refractivity contribution in [1.29, 1.82) is 0 Å². The quantitative estimate of drug-likeness (QED) is 0.870. The molecule has 5 nitrogen and oxygen atoms in total. The van der Waals surface area contributed by atoms with Crippen LogP contribution in [0.25, 0.3) is 0 Å². The smallest absolute Gasteiger partial charge is 0.168 e. The van der Waals surface area contributed by atoms with Gasteiger partial charge in [-0.25, -0.2) is 13.4 Å². The lowest BCUT2D eigenvalue weighted by Crippen LogP contribution is -2.22. The monoisotopic (exact) mass is 243 g/mol. The molecular formula is C10H17N3O2S. The van der Waals surface area contributed by atoms with Gasteiger partial charge in [0.2, 0.25) is 0 Å². The van der Waals surface area contributed by atoms with Gasteiger partial charge in [-0.1, -0.05) is 13.3 Å². The molecule has 1 fully saturated rings. The van der Waals surface area contributed by atoms with Gasteiger partial charge in [0.25, 0.3) is 0 Å². The van der Waals surface area contributed by atoms with Crippen molar-refractivity contribution >= 4 is 9.84 Å². The van der Waals surface area contributed by atoms with Crippen molar-refractivity contribution < 1.29 is 8.42 Å². The highest BCUT2D eigenvalue weighted by atomic mass is 32.2. The zero-order valence-electron chi connectivity index (χ0n) is 9.44. The van der Waals surface area contributed by atoms with Crippen LogP contribution in [0, 0.1) is 0 Å². The van der Waals surface area contributed by atoms with Crippen LogP contribution in [0.3, 0.4) is 0 Å². The predicted molar refractivity (Wildman–Crippen MR) is 60.8 cm³/mol. The second-order valence-electron chi connectivity index (χ2n) is 4.24. The molecule has 1 aliphatic rings. The summed E-state index contributed by atoms with van der Waals surface area (Å²) in [5.74, 6) is 1.52. The molecule has 0 aliphatic carbocycles. The van der Waals surface area contributed by atoms with Crippen molar-refractivity contribution in [3.05, 3.63) is 11.6 Å². The lowest BCUT2D eigenvalue weighted by molar-refractivity contribution is 0.539. The summed E-state index contributed by atoms with van der Waals surface area (Å²) in [5.41, 5.74) is 0. The van der Waals surface area contributed by atoms with E-state index in [-0.39, 0.29) is 5.75 Å². The molecule has 0 aromatic carbocycles. The van der Waals surface area contributed by atoms with Gasteiger partial charge in [0, 0.05) is 6.42 Å². The molecular weight excluding hydrogens is 226 g/mol. The van der Waals surface area contributed by atoms with Gasteiger partial charge in [0.15, 0.2) is 15.7 Å². The maximum absolute atomic E-state index is 11.9. The van der Waals surface area contributed by atoms with Gasteiger partial charge < -0.3 is 0 Å². The van der Waals surface area contributed by atoms with Crippen LogP contribution in [0.2, 0.25) is 0 Å². The number of hydrogen-bond donors (Lipinski definition) is 1. The molecule has 1 atom stereocenters. The Bertz CT molecular complexity index is 452. The lowest BCUT2D eigenvalue weighted by Gasteiger charge is -2.19. The normalized spacial score (nSPS) is 24.4. The van der Waals surface area contributed by atoms with Crippen LogP contribution in [0.5, 0.6) is 0 Å². The third-order valence-corrected chi connectivity index (χ3v) is 5.07. The molecule has 1 aliphatic heterocycles. The van der Waals surface area contributed by atoms with E-state index in [4.69, 9.17) is 0 Å². The number of aryl methyl sites for hydroxylation is 1. The molecule has 0 saturated carbocycles. The van der Waals surface area contributed by atoms with E-state index in [1.54, 1.807) is 0 Å². The fourth-order valence-electron chi connectivity index (χ4n) is 2.05. The summed E-state index contributed by atoms with van der Waals surface area (Å²) in [5, 5.41) is 6.37. The van der Waals surface area contributed by atoms with Gasteiger partial charge in [-0.05, 0) is 19.3 Å². The van der Waals surface area contributed by atoms with Gasteiger partial charge in [-0.3, -0.25) is 5.10 Å². The predicted octanol–water partition coefficient (Wildman–Crippen LogP) is 1.40. The zero-order valence-corrected chi connectivity index (χ0v) is 10.3. The summed E-state index contributed by atoms with van der Waals surface area (Å²) >= 11 is 0. The molecule has 16 heavy (non-hydrogen) atoms. The summed E-state index contributed by atoms with van der Waals surface area (Å²) < 4.78 is 23.7. The molecule has 0 radical (unpaired) electrons. The van der Waals surface area contributed by atoms with E-state index in [1.807, 2.05) is 0 Å². The Balaban J connectivity index is 2.22. The van der Waals surface area contributed by atoms with E-state index in [1.165, 1.54) is 0 Å². The number of rotatable bonds is 3. The number of nitrogens with zero attached hydrogens (tertiary/aromatic N) is 2. The van der Waals surface area contributed by atoms with Crippen molar-refractivity contribution in [2.24, 2.45) is 0 Å². The molecule has 6 heteroatoms. The molecule has 1 N–H and O–H groups in total. The number of hydrogen-bond acceptors (Lipinski definition) is 4. The average Bonchev–Trinajstić information content (AvgIpc) is 2.66. The first-order valence-electron chi connectivity index (χ1n) is 5.76. The number of sulfone groups is 1. The van der Waals surface area contributed by atoms with Crippen LogP contribution in [0.1, 0.15) is 49.5 Å². The molecule has 0 bridgehead atoms. The molecule has 2 rings (SSSR count). The fourth-order valence-corrected chi connectivity index (χ4v) is 3.89. The summed E-state index contributed by atoms with van der Waals surface area (Å²) in [6, 6.07) is 0. The van der Waals surface area contributed by atoms with Crippen molar-refractivity contribution in [2.45, 2.75) is 44.3 Å². The van der Waals surface area contributed by atoms with Crippen LogP contribution >= 0.6 is 0 Å². The first-order valence-corrected chi connectivity index (χ1v) is 7.48. The van der Waals surface area contributed by atoms with Gasteiger partial charge >= 0.3 is 0 Å². The summed E-state index contributed by atoms with van der Waals surface area (Å²) in [6.45, 7) is 2.06. The van der Waals surface area contributed by atoms with Crippen LogP contribution in [-0.2, 0) is 16.3 Å². The summed E-state index contributed by atoms with van der Waals surface area (Å²) in [7, 11) is -3.02. The highest BCUT2D eigenvalue weighted by Crippen LogP contribution is 2.31. The molecule has 0 amide bonds. The van der Waals surface area contributed by atoms with Gasteiger partial charge in [0.05, 0.1) is 5.75 Å². The Labute approximate surface area is 95.6 Å². The second kappa shape index (κ2) is 4.53. The van der Waals surface area contributed by atoms with Crippen molar-refractivity contribution in [3.63, 3.8) is 0 Å². The zero-order chi connectivity index (χ0) is 11.6. The minimum atomic E-state index is -3.02. The van der Waals surface area contributed by atoms with E-state index >= 15 is 0 Å². The van der Waals surface area contributed by atoms with Gasteiger partial charge in [-0.2, -0.15) is 5.10 Å². The molecule has 1 aromatic heterocycles. The Kier molecular flexibility index (Phi) is 3.28. The number of aromatic nitrogens is 3. The highest BCUT2D eigenvalue weighted by molar-refractivity contribution is 7.91. The first kappa shape index (κ1) is 11.6. The van der Waals surface area contributed by atoms with Gasteiger partial charge in [-0.15, -0.1) is 0 Å². The van der Waals surface area contributed by atoms with E-state index < -0.39 is 15.1 Å². The molecule has 2 heterocycles. The Morgan fingerprint density at radius 1 is 1.44 bits per heavy atom. The topological polar surface area (TPSA) is 75.7 Å². The largest absolute Gasteiger partial charge is 0.263 e. The minimum absolute atomic E-state index is 0.273. The third kappa shape index (κ3) is 2.26. The van der Waals surface area contributed by atoms with Gasteiger partial charge in [0.1, 0.15) is 11.1 Å². The molecule has 0 spiro atoms. The minimum Gasteiger partial charge on any atom is -0.263 e. The average molecular weight is 243 g/mol. The van der Waals surface area contributed by atoms with Crippen LogP contribution < -0.4 is 0 Å². The highest BCUT2D eigenvalue weighted by Gasteiger charge is 2.33. The molecule has 90 valence electrons. The van der Waals surface area contributed by atoms with Crippen LogP contribution in [-0.4, -0.2) is 29.4 Å². The van der Waals surface area contributed by atoms with Crippen molar-refractivity contribution in [1.82, 2.24) is 15.2 Å². The van der Waals surface area contributed by atoms with E-state index in [9.17, 15) is 8.42 Å². The standard InChI is InChI=1S/C10H17N3O2S/c1-2-5-9-11-10(13-12-9)8-6-3-4-7-16(8,14)15/h8H,2-7H2,1H3,(H,11,12,13). The fraction of sp³-hybridized carbons (Fsp3) is 0.800. The second-order valence-corrected chi connectivity index (χ2v) is 6.54.